The van der Waals surface area contributed by atoms with Crippen molar-refractivity contribution >= 4 is 16.3 Å². The summed E-state index contributed by atoms with van der Waals surface area (Å²) in [6, 6.07) is 15.0. The lowest BCUT2D eigenvalue weighted by molar-refractivity contribution is 0.627. The molecule has 2 aromatic carbocycles. The molecule has 1 atom stereocenters. The molecule has 0 aliphatic rings. The summed E-state index contributed by atoms with van der Waals surface area (Å²) in [6.45, 7) is 3.89. The monoisotopic (exact) mass is 338 g/mol. The van der Waals surface area contributed by atoms with E-state index in [2.05, 4.69) is 15.3 Å². The number of fused-ring (bicyclic) bond motifs is 1. The smallest absolute Gasteiger partial charge is 0.206 e. The van der Waals surface area contributed by atoms with Crippen molar-refractivity contribution in [2.24, 2.45) is 0 Å². The number of hydrogen-bond donors (Lipinski definition) is 0. The van der Waals surface area contributed by atoms with Crippen LogP contribution in [0, 0.1) is 12.7 Å². The Balaban J connectivity index is 1.70. The molecule has 0 spiro atoms. The Hall–Kier alpha value is -2.60. The number of nitrogens with zero attached hydrogens (tertiary/aromatic N) is 4. The molecule has 24 heavy (non-hydrogen) atoms. The molecular formula is C18H15FN4S. The van der Waals surface area contributed by atoms with Crippen LogP contribution < -0.4 is 0 Å². The Labute approximate surface area is 142 Å². The van der Waals surface area contributed by atoms with E-state index in [-0.39, 0.29) is 11.7 Å². The highest BCUT2D eigenvalue weighted by atomic mass is 32.1. The van der Waals surface area contributed by atoms with Crippen molar-refractivity contribution < 1.29 is 4.39 Å². The van der Waals surface area contributed by atoms with Gasteiger partial charge in [-0.2, -0.15) is 9.61 Å². The van der Waals surface area contributed by atoms with Crippen molar-refractivity contribution in [3.05, 3.63) is 70.7 Å². The maximum atomic E-state index is 14.6. The van der Waals surface area contributed by atoms with Crippen LogP contribution in [-0.2, 0) is 0 Å². The largest absolute Gasteiger partial charge is 0.234 e. The van der Waals surface area contributed by atoms with Gasteiger partial charge >= 0.3 is 0 Å². The van der Waals surface area contributed by atoms with Gasteiger partial charge in [-0.15, -0.1) is 10.2 Å². The summed E-state index contributed by atoms with van der Waals surface area (Å²) >= 11 is 1.48. The zero-order valence-electron chi connectivity index (χ0n) is 13.3. The zero-order chi connectivity index (χ0) is 16.7. The summed E-state index contributed by atoms with van der Waals surface area (Å²) in [5, 5.41) is 13.5. The fraction of sp³-hybridized carbons (Fsp3) is 0.167. The fourth-order valence-corrected chi connectivity index (χ4v) is 3.66. The van der Waals surface area contributed by atoms with Crippen molar-refractivity contribution in [2.45, 2.75) is 19.8 Å². The highest BCUT2D eigenvalue weighted by molar-refractivity contribution is 7.16. The molecule has 4 rings (SSSR count). The standard InChI is InChI=1S/C18H15FN4S/c1-11(17-22-23-12(2)20-21-18(23)24-17)14-8-9-15(16(19)10-14)13-6-4-3-5-7-13/h3-11H,1-2H3/t11-/m1/s1. The zero-order valence-corrected chi connectivity index (χ0v) is 14.1. The fourth-order valence-electron chi connectivity index (χ4n) is 2.70. The molecule has 0 unspecified atom stereocenters. The Bertz CT molecular complexity index is 1010. The van der Waals surface area contributed by atoms with E-state index in [0.29, 0.717) is 5.56 Å². The van der Waals surface area contributed by atoms with Crippen LogP contribution in [0.25, 0.3) is 16.1 Å². The molecule has 0 bridgehead atoms. The summed E-state index contributed by atoms with van der Waals surface area (Å²) in [5.41, 5.74) is 2.39. The highest BCUT2D eigenvalue weighted by Gasteiger charge is 2.18. The highest BCUT2D eigenvalue weighted by Crippen LogP contribution is 2.31. The van der Waals surface area contributed by atoms with Gasteiger partial charge in [-0.3, -0.25) is 0 Å². The maximum Gasteiger partial charge on any atom is 0.234 e. The second-order valence-electron chi connectivity index (χ2n) is 5.71. The first kappa shape index (κ1) is 15.0. The van der Waals surface area contributed by atoms with Gasteiger partial charge in [0.1, 0.15) is 10.8 Å². The molecule has 0 fully saturated rings. The molecule has 4 aromatic rings. The average molecular weight is 338 g/mol. The van der Waals surface area contributed by atoms with Crippen LogP contribution in [0.1, 0.15) is 29.2 Å². The van der Waals surface area contributed by atoms with E-state index in [0.717, 1.165) is 26.9 Å². The molecule has 120 valence electrons. The first-order valence-corrected chi connectivity index (χ1v) is 8.49. The number of benzene rings is 2. The first-order chi connectivity index (χ1) is 11.6. The second kappa shape index (κ2) is 5.79. The lowest BCUT2D eigenvalue weighted by Crippen LogP contribution is -1.99. The van der Waals surface area contributed by atoms with Gasteiger partial charge in [-0.1, -0.05) is 60.7 Å². The molecule has 2 heterocycles. The third-order valence-corrected chi connectivity index (χ3v) is 5.19. The number of halogens is 1. The topological polar surface area (TPSA) is 43.1 Å². The van der Waals surface area contributed by atoms with Crippen LogP contribution in [0.2, 0.25) is 0 Å². The van der Waals surface area contributed by atoms with Gasteiger partial charge in [0.05, 0.1) is 0 Å². The van der Waals surface area contributed by atoms with Gasteiger partial charge in [0.15, 0.2) is 5.82 Å². The van der Waals surface area contributed by atoms with Gasteiger partial charge < -0.3 is 0 Å². The SMILES string of the molecule is Cc1nnc2sc([C@H](C)c3ccc(-c4ccccc4)c(F)c3)nn12. The van der Waals surface area contributed by atoms with Crippen LogP contribution in [0.3, 0.4) is 0 Å². The molecule has 0 amide bonds. The van der Waals surface area contributed by atoms with Crippen LogP contribution in [0.4, 0.5) is 4.39 Å². The Kier molecular flexibility index (Phi) is 3.61. The molecule has 4 nitrogen and oxygen atoms in total. The van der Waals surface area contributed by atoms with Crippen molar-refractivity contribution in [1.29, 1.82) is 0 Å². The normalized spacial score (nSPS) is 12.6. The minimum Gasteiger partial charge on any atom is -0.206 e. The van der Waals surface area contributed by atoms with E-state index in [9.17, 15) is 4.39 Å². The van der Waals surface area contributed by atoms with Crippen LogP contribution in [0.5, 0.6) is 0 Å². The van der Waals surface area contributed by atoms with E-state index >= 15 is 0 Å². The van der Waals surface area contributed by atoms with Crippen LogP contribution in [-0.4, -0.2) is 19.8 Å². The third kappa shape index (κ3) is 2.49. The summed E-state index contributed by atoms with van der Waals surface area (Å²) in [7, 11) is 0. The predicted molar refractivity (Wildman–Crippen MR) is 92.7 cm³/mol. The molecule has 0 saturated carbocycles. The minimum atomic E-state index is -0.218. The second-order valence-corrected chi connectivity index (χ2v) is 6.70. The third-order valence-electron chi connectivity index (χ3n) is 4.11. The molecule has 0 aliphatic heterocycles. The quantitative estimate of drug-likeness (QED) is 0.554. The number of aryl methyl sites for hydroxylation is 1. The molecule has 2 aromatic heterocycles. The lowest BCUT2D eigenvalue weighted by Gasteiger charge is -2.11. The van der Waals surface area contributed by atoms with Crippen LogP contribution >= 0.6 is 11.3 Å². The summed E-state index contributed by atoms with van der Waals surface area (Å²) < 4.78 is 16.3. The number of aromatic nitrogens is 4. The van der Waals surface area contributed by atoms with Crippen molar-refractivity contribution in [3.8, 4) is 11.1 Å². The van der Waals surface area contributed by atoms with E-state index < -0.39 is 0 Å². The molecule has 0 N–H and O–H groups in total. The van der Waals surface area contributed by atoms with E-state index in [1.807, 2.05) is 56.3 Å². The molecule has 6 heteroatoms. The van der Waals surface area contributed by atoms with Gasteiger partial charge in [0.2, 0.25) is 4.96 Å². The summed E-state index contributed by atoms with van der Waals surface area (Å²) in [6.07, 6.45) is 0. The van der Waals surface area contributed by atoms with Crippen molar-refractivity contribution in [1.82, 2.24) is 19.8 Å². The Morgan fingerprint density at radius 1 is 1.08 bits per heavy atom. The minimum absolute atomic E-state index is 0.00424. The molecule has 0 saturated heterocycles. The summed E-state index contributed by atoms with van der Waals surface area (Å²) in [5.74, 6) is 0.533. The molecule has 0 aliphatic carbocycles. The van der Waals surface area contributed by atoms with Gasteiger partial charge in [-0.05, 0) is 24.1 Å². The molecule has 0 radical (unpaired) electrons. The van der Waals surface area contributed by atoms with Crippen molar-refractivity contribution in [2.75, 3.05) is 0 Å². The maximum absolute atomic E-state index is 14.6. The average Bonchev–Trinajstić information content (AvgIpc) is 3.17. The molecular weight excluding hydrogens is 323 g/mol. The Morgan fingerprint density at radius 2 is 1.88 bits per heavy atom. The van der Waals surface area contributed by atoms with Crippen molar-refractivity contribution in [3.63, 3.8) is 0 Å². The van der Waals surface area contributed by atoms with Gasteiger partial charge in [0.25, 0.3) is 0 Å². The first-order valence-electron chi connectivity index (χ1n) is 7.67. The van der Waals surface area contributed by atoms with E-state index in [1.165, 1.54) is 11.3 Å². The van der Waals surface area contributed by atoms with Crippen LogP contribution in [0.15, 0.2) is 48.5 Å². The van der Waals surface area contributed by atoms with E-state index in [1.54, 1.807) is 10.6 Å². The lowest BCUT2D eigenvalue weighted by atomic mass is 9.97. The van der Waals surface area contributed by atoms with Gasteiger partial charge in [-0.25, -0.2) is 4.39 Å². The number of hydrogen-bond acceptors (Lipinski definition) is 4. The number of rotatable bonds is 3. The van der Waals surface area contributed by atoms with E-state index in [4.69, 9.17) is 0 Å². The Morgan fingerprint density at radius 3 is 2.58 bits per heavy atom. The van der Waals surface area contributed by atoms with Gasteiger partial charge in [0, 0.05) is 11.5 Å². The predicted octanol–water partition coefficient (Wildman–Crippen LogP) is 4.45. The summed E-state index contributed by atoms with van der Waals surface area (Å²) in [4.78, 5) is 0.760.